The van der Waals surface area contributed by atoms with Crippen molar-refractivity contribution in [1.29, 1.82) is 0 Å². The molecule has 0 spiro atoms. The van der Waals surface area contributed by atoms with Crippen LogP contribution in [0.5, 0.6) is 11.5 Å². The number of carbonyl (C=O) groups is 1. The van der Waals surface area contributed by atoms with Gasteiger partial charge in [-0.25, -0.2) is 0 Å². The van der Waals surface area contributed by atoms with Crippen LogP contribution in [-0.2, 0) is 0 Å². The molecule has 6 heteroatoms. The van der Waals surface area contributed by atoms with Crippen molar-refractivity contribution in [2.24, 2.45) is 0 Å². The Balaban J connectivity index is 1.73. The average Bonchev–Trinajstić information content (AvgIpc) is 2.65. The Morgan fingerprint density at radius 3 is 2.27 bits per heavy atom. The number of amides is 1. The predicted octanol–water partition coefficient (Wildman–Crippen LogP) is 5.26. The number of benzene rings is 3. The highest BCUT2D eigenvalue weighted by molar-refractivity contribution is 7.80. The molecular weight excluding hydrogens is 368 g/mol. The van der Waals surface area contributed by atoms with Crippen molar-refractivity contribution in [2.45, 2.75) is 0 Å². The van der Waals surface area contributed by atoms with Crippen LogP contribution in [0.3, 0.4) is 0 Å². The van der Waals surface area contributed by atoms with Crippen molar-refractivity contribution < 1.29 is 9.53 Å². The monoisotopic (exact) mass is 382 g/mol. The Hall–Kier alpha value is -2.89. The molecule has 3 aromatic carbocycles. The van der Waals surface area contributed by atoms with Gasteiger partial charge in [0.1, 0.15) is 5.75 Å². The van der Waals surface area contributed by atoms with E-state index in [0.29, 0.717) is 27.8 Å². The van der Waals surface area contributed by atoms with E-state index in [9.17, 15) is 4.79 Å². The summed E-state index contributed by atoms with van der Waals surface area (Å²) in [5.41, 5.74) is 1.12. The fraction of sp³-hybridized carbons (Fsp3) is 0. The fourth-order valence-electron chi connectivity index (χ4n) is 2.22. The van der Waals surface area contributed by atoms with Gasteiger partial charge in [0, 0.05) is 16.7 Å². The van der Waals surface area contributed by atoms with E-state index in [-0.39, 0.29) is 11.0 Å². The lowest BCUT2D eigenvalue weighted by Crippen LogP contribution is -2.34. The van der Waals surface area contributed by atoms with Gasteiger partial charge in [-0.05, 0) is 48.6 Å². The van der Waals surface area contributed by atoms with Crippen LogP contribution in [0.25, 0.3) is 0 Å². The number of hydrogen-bond acceptors (Lipinski definition) is 3. The summed E-state index contributed by atoms with van der Waals surface area (Å²) >= 11 is 11.3. The molecule has 130 valence electrons. The zero-order valence-electron chi connectivity index (χ0n) is 13.6. The second-order valence-corrected chi connectivity index (χ2v) is 6.17. The molecule has 4 nitrogen and oxygen atoms in total. The molecule has 0 unspecified atom stereocenters. The van der Waals surface area contributed by atoms with Crippen LogP contribution in [0.4, 0.5) is 5.69 Å². The van der Waals surface area contributed by atoms with E-state index in [1.54, 1.807) is 42.5 Å². The minimum Gasteiger partial charge on any atom is -0.455 e. The standard InChI is InChI=1S/C20H15ClN2O2S/c21-15-11-12-17(18(13-15)25-16-9-5-2-6-10-16)22-20(26)23-19(24)14-7-3-1-4-8-14/h1-13H,(H2,22,23,24,26). The van der Waals surface area contributed by atoms with Crippen molar-refractivity contribution in [2.75, 3.05) is 5.32 Å². The lowest BCUT2D eigenvalue weighted by Gasteiger charge is -2.14. The molecule has 0 radical (unpaired) electrons. The third-order valence-corrected chi connectivity index (χ3v) is 3.87. The van der Waals surface area contributed by atoms with E-state index in [1.165, 1.54) is 0 Å². The summed E-state index contributed by atoms with van der Waals surface area (Å²) in [5.74, 6) is 0.875. The maximum atomic E-state index is 12.2. The molecule has 3 rings (SSSR count). The number of anilines is 1. The number of nitrogens with one attached hydrogen (secondary N) is 2. The minimum absolute atomic E-state index is 0.166. The number of rotatable bonds is 4. The fourth-order valence-corrected chi connectivity index (χ4v) is 2.58. The van der Waals surface area contributed by atoms with Gasteiger partial charge >= 0.3 is 0 Å². The van der Waals surface area contributed by atoms with E-state index < -0.39 is 0 Å². The first-order valence-corrected chi connectivity index (χ1v) is 8.60. The molecule has 0 saturated carbocycles. The quantitative estimate of drug-likeness (QED) is 0.604. The predicted molar refractivity (Wildman–Crippen MR) is 108 cm³/mol. The number of carbonyl (C=O) groups excluding carboxylic acids is 1. The summed E-state index contributed by atoms with van der Waals surface area (Å²) in [4.78, 5) is 12.2. The number of halogens is 1. The zero-order chi connectivity index (χ0) is 18.4. The molecular formula is C20H15ClN2O2S. The summed E-state index contributed by atoms with van der Waals surface area (Å²) in [6, 6.07) is 23.3. The molecule has 1 amide bonds. The molecule has 0 fully saturated rings. The first-order valence-electron chi connectivity index (χ1n) is 7.81. The van der Waals surface area contributed by atoms with E-state index in [4.69, 9.17) is 28.6 Å². The van der Waals surface area contributed by atoms with Gasteiger partial charge in [-0.3, -0.25) is 10.1 Å². The molecule has 0 aliphatic rings. The Labute approximate surface area is 161 Å². The molecule has 0 saturated heterocycles. The lowest BCUT2D eigenvalue weighted by atomic mass is 10.2. The topological polar surface area (TPSA) is 50.4 Å². The SMILES string of the molecule is O=C(NC(=S)Nc1ccc(Cl)cc1Oc1ccccc1)c1ccccc1. The third-order valence-electron chi connectivity index (χ3n) is 3.43. The largest absolute Gasteiger partial charge is 0.455 e. The highest BCUT2D eigenvalue weighted by Gasteiger charge is 2.11. The summed E-state index contributed by atoms with van der Waals surface area (Å²) in [5, 5.41) is 6.31. The molecule has 0 bridgehead atoms. The Morgan fingerprint density at radius 1 is 0.923 bits per heavy atom. The number of hydrogen-bond donors (Lipinski definition) is 2. The van der Waals surface area contributed by atoms with Crippen LogP contribution in [0.2, 0.25) is 5.02 Å². The molecule has 3 aromatic rings. The van der Waals surface area contributed by atoms with Gasteiger partial charge in [0.2, 0.25) is 0 Å². The first kappa shape index (κ1) is 17.9. The lowest BCUT2D eigenvalue weighted by molar-refractivity contribution is 0.0977. The highest BCUT2D eigenvalue weighted by Crippen LogP contribution is 2.32. The van der Waals surface area contributed by atoms with Crippen LogP contribution < -0.4 is 15.4 Å². The molecule has 0 aliphatic heterocycles. The van der Waals surface area contributed by atoms with E-state index in [1.807, 2.05) is 36.4 Å². The van der Waals surface area contributed by atoms with Crippen molar-refractivity contribution in [3.63, 3.8) is 0 Å². The molecule has 26 heavy (non-hydrogen) atoms. The molecule has 2 N–H and O–H groups in total. The zero-order valence-corrected chi connectivity index (χ0v) is 15.2. The Bertz CT molecular complexity index is 918. The Morgan fingerprint density at radius 2 is 1.58 bits per heavy atom. The van der Waals surface area contributed by atoms with Gasteiger partial charge in [-0.1, -0.05) is 48.0 Å². The molecule has 0 atom stereocenters. The molecule has 0 aliphatic carbocycles. The third kappa shape index (κ3) is 4.81. The summed E-state index contributed by atoms with van der Waals surface area (Å²) in [7, 11) is 0. The van der Waals surface area contributed by atoms with Crippen LogP contribution in [0.1, 0.15) is 10.4 Å². The summed E-state index contributed by atoms with van der Waals surface area (Å²) in [6.45, 7) is 0. The van der Waals surface area contributed by atoms with Gasteiger partial charge in [-0.2, -0.15) is 0 Å². The van der Waals surface area contributed by atoms with Gasteiger partial charge in [-0.15, -0.1) is 0 Å². The summed E-state index contributed by atoms with van der Waals surface area (Å²) < 4.78 is 5.86. The van der Waals surface area contributed by atoms with Gasteiger partial charge in [0.05, 0.1) is 5.69 Å². The van der Waals surface area contributed by atoms with Gasteiger partial charge in [0.15, 0.2) is 10.9 Å². The second-order valence-electron chi connectivity index (χ2n) is 5.33. The van der Waals surface area contributed by atoms with Crippen LogP contribution in [0, 0.1) is 0 Å². The normalized spacial score (nSPS) is 10.0. The van der Waals surface area contributed by atoms with E-state index >= 15 is 0 Å². The summed E-state index contributed by atoms with van der Waals surface area (Å²) in [6.07, 6.45) is 0. The number of thiocarbonyl (C=S) groups is 1. The minimum atomic E-state index is -0.289. The van der Waals surface area contributed by atoms with Gasteiger partial charge < -0.3 is 10.1 Å². The highest BCUT2D eigenvalue weighted by atomic mass is 35.5. The second kappa shape index (κ2) is 8.47. The smallest absolute Gasteiger partial charge is 0.257 e. The average molecular weight is 383 g/mol. The van der Waals surface area contributed by atoms with Crippen molar-refractivity contribution in [3.8, 4) is 11.5 Å². The number of para-hydroxylation sites is 1. The van der Waals surface area contributed by atoms with E-state index in [2.05, 4.69) is 10.6 Å². The Kier molecular flexibility index (Phi) is 5.84. The van der Waals surface area contributed by atoms with Crippen LogP contribution in [-0.4, -0.2) is 11.0 Å². The number of ether oxygens (including phenoxy) is 1. The van der Waals surface area contributed by atoms with Crippen LogP contribution >= 0.6 is 23.8 Å². The maximum absolute atomic E-state index is 12.2. The van der Waals surface area contributed by atoms with Crippen LogP contribution in [0.15, 0.2) is 78.9 Å². The van der Waals surface area contributed by atoms with Crippen molar-refractivity contribution >= 4 is 40.5 Å². The molecule has 0 aromatic heterocycles. The maximum Gasteiger partial charge on any atom is 0.257 e. The van der Waals surface area contributed by atoms with Crippen molar-refractivity contribution in [1.82, 2.24) is 5.32 Å². The molecule has 0 heterocycles. The van der Waals surface area contributed by atoms with Crippen molar-refractivity contribution in [3.05, 3.63) is 89.4 Å². The van der Waals surface area contributed by atoms with E-state index in [0.717, 1.165) is 0 Å². The van der Waals surface area contributed by atoms with Gasteiger partial charge in [0.25, 0.3) is 5.91 Å². The first-order chi connectivity index (χ1) is 12.6.